The summed E-state index contributed by atoms with van der Waals surface area (Å²) in [5.41, 5.74) is 1.11. The van der Waals surface area contributed by atoms with Crippen LogP contribution in [0.15, 0.2) is 59.5 Å². The molecule has 132 valence electrons. The molecule has 0 saturated carbocycles. The summed E-state index contributed by atoms with van der Waals surface area (Å²) < 4.78 is 25.0. The minimum atomic E-state index is -3.42. The number of carbonyl (C=O) groups is 1. The zero-order chi connectivity index (χ0) is 17.7. The zero-order valence-corrected chi connectivity index (χ0v) is 14.8. The van der Waals surface area contributed by atoms with Crippen LogP contribution < -0.4 is 10.6 Å². The van der Waals surface area contributed by atoms with Crippen molar-refractivity contribution in [2.45, 2.75) is 29.5 Å². The van der Waals surface area contributed by atoms with E-state index in [4.69, 9.17) is 0 Å². The van der Waals surface area contributed by atoms with E-state index in [-0.39, 0.29) is 17.7 Å². The second kappa shape index (κ2) is 7.80. The SMILES string of the molecule is O=C(NC1CCNCC1)c1cccc(CS(=O)(=O)c2ccccc2)c1. The molecule has 1 saturated heterocycles. The Labute approximate surface area is 148 Å². The van der Waals surface area contributed by atoms with Gasteiger partial charge in [-0.25, -0.2) is 8.42 Å². The highest BCUT2D eigenvalue weighted by Crippen LogP contribution is 2.17. The maximum atomic E-state index is 12.5. The molecular formula is C19H22N2O3S. The van der Waals surface area contributed by atoms with Crippen LogP contribution in [0.2, 0.25) is 0 Å². The topological polar surface area (TPSA) is 75.3 Å². The summed E-state index contributed by atoms with van der Waals surface area (Å²) in [7, 11) is -3.42. The molecule has 0 aromatic heterocycles. The minimum Gasteiger partial charge on any atom is -0.349 e. The van der Waals surface area contributed by atoms with Crippen molar-refractivity contribution in [1.29, 1.82) is 0 Å². The number of carbonyl (C=O) groups excluding carboxylic acids is 1. The normalized spacial score (nSPS) is 15.7. The van der Waals surface area contributed by atoms with Crippen LogP contribution in [-0.2, 0) is 15.6 Å². The van der Waals surface area contributed by atoms with Gasteiger partial charge in [0, 0.05) is 11.6 Å². The average molecular weight is 358 g/mol. The van der Waals surface area contributed by atoms with Gasteiger partial charge in [-0.3, -0.25) is 4.79 Å². The highest BCUT2D eigenvalue weighted by Gasteiger charge is 2.18. The van der Waals surface area contributed by atoms with Crippen LogP contribution in [0.5, 0.6) is 0 Å². The molecule has 0 bridgehead atoms. The predicted molar refractivity (Wildman–Crippen MR) is 97.1 cm³/mol. The molecule has 3 rings (SSSR count). The van der Waals surface area contributed by atoms with Gasteiger partial charge < -0.3 is 10.6 Å². The van der Waals surface area contributed by atoms with E-state index < -0.39 is 9.84 Å². The Hall–Kier alpha value is -2.18. The van der Waals surface area contributed by atoms with Crippen molar-refractivity contribution in [1.82, 2.24) is 10.6 Å². The van der Waals surface area contributed by atoms with E-state index in [1.54, 1.807) is 54.6 Å². The second-order valence-corrected chi connectivity index (χ2v) is 8.26. The number of rotatable bonds is 5. The number of amides is 1. The van der Waals surface area contributed by atoms with Crippen LogP contribution in [-0.4, -0.2) is 33.5 Å². The van der Waals surface area contributed by atoms with Gasteiger partial charge in [0.25, 0.3) is 5.91 Å². The molecule has 5 nitrogen and oxygen atoms in total. The van der Waals surface area contributed by atoms with E-state index in [2.05, 4.69) is 10.6 Å². The average Bonchev–Trinajstić information content (AvgIpc) is 2.63. The molecule has 1 fully saturated rings. The maximum Gasteiger partial charge on any atom is 0.251 e. The first-order valence-corrected chi connectivity index (χ1v) is 10.1. The smallest absolute Gasteiger partial charge is 0.251 e. The van der Waals surface area contributed by atoms with Gasteiger partial charge in [-0.2, -0.15) is 0 Å². The molecule has 0 radical (unpaired) electrons. The number of nitrogens with one attached hydrogen (secondary N) is 2. The van der Waals surface area contributed by atoms with Crippen molar-refractivity contribution < 1.29 is 13.2 Å². The first-order valence-electron chi connectivity index (χ1n) is 8.43. The summed E-state index contributed by atoms with van der Waals surface area (Å²) in [6.45, 7) is 1.81. The predicted octanol–water partition coefficient (Wildman–Crippen LogP) is 2.14. The number of benzene rings is 2. The van der Waals surface area contributed by atoms with Gasteiger partial charge >= 0.3 is 0 Å². The summed E-state index contributed by atoms with van der Waals surface area (Å²) >= 11 is 0. The molecule has 1 heterocycles. The monoisotopic (exact) mass is 358 g/mol. The lowest BCUT2D eigenvalue weighted by molar-refractivity contribution is 0.0929. The molecule has 0 unspecified atom stereocenters. The molecule has 6 heteroatoms. The molecule has 1 aliphatic heterocycles. The van der Waals surface area contributed by atoms with E-state index >= 15 is 0 Å². The molecule has 2 aromatic rings. The van der Waals surface area contributed by atoms with Crippen LogP contribution in [0.4, 0.5) is 0 Å². The van der Waals surface area contributed by atoms with Crippen molar-refractivity contribution in [3.8, 4) is 0 Å². The van der Waals surface area contributed by atoms with Crippen molar-refractivity contribution in [3.63, 3.8) is 0 Å². The maximum absolute atomic E-state index is 12.5. The summed E-state index contributed by atoms with van der Waals surface area (Å²) in [5.74, 6) is -0.267. The van der Waals surface area contributed by atoms with E-state index in [0.717, 1.165) is 25.9 Å². The second-order valence-electron chi connectivity index (χ2n) is 6.27. The lowest BCUT2D eigenvalue weighted by Crippen LogP contribution is -2.42. The number of hydrogen-bond acceptors (Lipinski definition) is 4. The van der Waals surface area contributed by atoms with Gasteiger partial charge in [0.15, 0.2) is 9.84 Å². The fourth-order valence-corrected chi connectivity index (χ4v) is 4.32. The largest absolute Gasteiger partial charge is 0.349 e. The third-order valence-electron chi connectivity index (χ3n) is 4.32. The Morgan fingerprint density at radius 1 is 1.04 bits per heavy atom. The molecule has 0 aliphatic carbocycles. The zero-order valence-electron chi connectivity index (χ0n) is 13.9. The Bertz CT molecular complexity index is 829. The van der Waals surface area contributed by atoms with Gasteiger partial charge in [0.1, 0.15) is 0 Å². The van der Waals surface area contributed by atoms with Crippen LogP contribution >= 0.6 is 0 Å². The van der Waals surface area contributed by atoms with E-state index in [1.165, 1.54) is 0 Å². The molecule has 1 aliphatic rings. The number of piperidine rings is 1. The van der Waals surface area contributed by atoms with Crippen molar-refractivity contribution in [3.05, 3.63) is 65.7 Å². The van der Waals surface area contributed by atoms with E-state index in [0.29, 0.717) is 16.0 Å². The fourth-order valence-electron chi connectivity index (χ4n) is 2.97. The molecule has 2 N–H and O–H groups in total. The standard InChI is InChI=1S/C19H22N2O3S/c22-19(21-17-9-11-20-12-10-17)16-6-4-5-15(13-16)14-25(23,24)18-7-2-1-3-8-18/h1-8,13,17,20H,9-12,14H2,(H,21,22). The highest BCUT2D eigenvalue weighted by molar-refractivity contribution is 7.90. The van der Waals surface area contributed by atoms with Gasteiger partial charge in [-0.05, 0) is 55.8 Å². The number of sulfone groups is 1. The van der Waals surface area contributed by atoms with E-state index in [1.807, 2.05) is 0 Å². The lowest BCUT2D eigenvalue weighted by atomic mass is 10.1. The Kier molecular flexibility index (Phi) is 5.50. The lowest BCUT2D eigenvalue weighted by Gasteiger charge is -2.23. The Morgan fingerprint density at radius 3 is 2.48 bits per heavy atom. The first-order chi connectivity index (χ1) is 12.0. The van der Waals surface area contributed by atoms with Crippen LogP contribution in [0.3, 0.4) is 0 Å². The molecule has 0 atom stereocenters. The van der Waals surface area contributed by atoms with Crippen molar-refractivity contribution >= 4 is 15.7 Å². The molecule has 25 heavy (non-hydrogen) atoms. The van der Waals surface area contributed by atoms with Crippen molar-refractivity contribution in [2.75, 3.05) is 13.1 Å². The molecular weight excluding hydrogens is 336 g/mol. The third-order valence-corrected chi connectivity index (χ3v) is 6.03. The van der Waals surface area contributed by atoms with Crippen LogP contribution in [0, 0.1) is 0 Å². The highest BCUT2D eigenvalue weighted by atomic mass is 32.2. The van der Waals surface area contributed by atoms with Gasteiger partial charge in [0.2, 0.25) is 0 Å². The summed E-state index contributed by atoms with van der Waals surface area (Å²) in [6, 6.07) is 15.4. The van der Waals surface area contributed by atoms with Crippen molar-refractivity contribution in [2.24, 2.45) is 0 Å². The fraction of sp³-hybridized carbons (Fsp3) is 0.316. The molecule has 0 spiro atoms. The van der Waals surface area contributed by atoms with Gasteiger partial charge in [-0.15, -0.1) is 0 Å². The quantitative estimate of drug-likeness (QED) is 0.859. The number of hydrogen-bond donors (Lipinski definition) is 2. The first kappa shape index (κ1) is 17.6. The summed E-state index contributed by atoms with van der Waals surface area (Å²) in [5, 5.41) is 6.29. The van der Waals surface area contributed by atoms with E-state index in [9.17, 15) is 13.2 Å². The summed E-state index contributed by atoms with van der Waals surface area (Å²) in [4.78, 5) is 12.7. The van der Waals surface area contributed by atoms with Crippen LogP contribution in [0.25, 0.3) is 0 Å². The van der Waals surface area contributed by atoms with Crippen LogP contribution in [0.1, 0.15) is 28.8 Å². The third kappa shape index (κ3) is 4.67. The minimum absolute atomic E-state index is 0.120. The molecule has 1 amide bonds. The van der Waals surface area contributed by atoms with Gasteiger partial charge in [0.05, 0.1) is 10.6 Å². The Morgan fingerprint density at radius 2 is 1.76 bits per heavy atom. The summed E-state index contributed by atoms with van der Waals surface area (Å²) in [6.07, 6.45) is 1.82. The molecule has 2 aromatic carbocycles. The van der Waals surface area contributed by atoms with Gasteiger partial charge in [-0.1, -0.05) is 30.3 Å². The Balaban J connectivity index is 1.72.